The lowest BCUT2D eigenvalue weighted by atomic mass is 10.1. The molecule has 1 aromatic heterocycles. The van der Waals surface area contributed by atoms with Gasteiger partial charge in [0.15, 0.2) is 0 Å². The topological polar surface area (TPSA) is 37.8 Å². The third-order valence-electron chi connectivity index (χ3n) is 2.96. The van der Waals surface area contributed by atoms with Crippen LogP contribution in [-0.4, -0.2) is 16.0 Å². The van der Waals surface area contributed by atoms with Gasteiger partial charge in [0.25, 0.3) is 5.56 Å². The molecule has 2 rings (SSSR count). The van der Waals surface area contributed by atoms with Gasteiger partial charge in [0.05, 0.1) is 5.69 Å². The molecule has 1 heterocycles. The summed E-state index contributed by atoms with van der Waals surface area (Å²) < 4.78 is 1.52. The van der Waals surface area contributed by atoms with Crippen molar-refractivity contribution in [2.75, 3.05) is 6.26 Å². The molecule has 0 aliphatic carbocycles. The van der Waals surface area contributed by atoms with Crippen LogP contribution in [0.1, 0.15) is 11.1 Å². The first kappa shape index (κ1) is 12.0. The van der Waals surface area contributed by atoms with E-state index in [9.17, 15) is 4.79 Å². The highest BCUT2D eigenvalue weighted by molar-refractivity contribution is 7.98. The Bertz CT molecular complexity index is 610. The van der Waals surface area contributed by atoms with Gasteiger partial charge in [-0.1, -0.05) is 6.07 Å². The predicted octanol–water partition coefficient (Wildman–Crippen LogP) is 2.72. The van der Waals surface area contributed by atoms with E-state index in [1.54, 1.807) is 18.8 Å². The second-order valence-corrected chi connectivity index (χ2v) is 5.01. The molecule has 0 bridgehead atoms. The SMILES string of the molecule is CSc1ccc(-c2[nH]n(C)c(=O)c2C)cc1C. The molecular weight excluding hydrogens is 232 g/mol. The maximum absolute atomic E-state index is 11.7. The van der Waals surface area contributed by atoms with Crippen molar-refractivity contribution in [3.63, 3.8) is 0 Å². The Hall–Kier alpha value is -1.42. The normalized spacial score (nSPS) is 10.8. The molecule has 0 fully saturated rings. The molecule has 0 atom stereocenters. The van der Waals surface area contributed by atoms with Gasteiger partial charge in [-0.25, -0.2) is 0 Å². The molecule has 0 saturated heterocycles. The first-order valence-corrected chi connectivity index (χ1v) is 6.67. The molecule has 0 aliphatic rings. The molecule has 0 aliphatic heterocycles. The largest absolute Gasteiger partial charge is 0.295 e. The maximum Gasteiger partial charge on any atom is 0.269 e. The number of benzene rings is 1. The zero-order valence-electron chi connectivity index (χ0n) is 10.5. The maximum atomic E-state index is 11.7. The minimum absolute atomic E-state index is 0.0339. The first-order chi connectivity index (χ1) is 8.04. The Morgan fingerprint density at radius 2 is 2.00 bits per heavy atom. The number of thioether (sulfide) groups is 1. The van der Waals surface area contributed by atoms with Crippen LogP contribution in [0, 0.1) is 13.8 Å². The molecule has 1 aromatic carbocycles. The van der Waals surface area contributed by atoms with Crippen molar-refractivity contribution in [2.45, 2.75) is 18.7 Å². The van der Waals surface area contributed by atoms with E-state index in [2.05, 4.69) is 36.5 Å². The van der Waals surface area contributed by atoms with Crippen molar-refractivity contribution in [3.8, 4) is 11.3 Å². The predicted molar refractivity (Wildman–Crippen MR) is 72.7 cm³/mol. The average Bonchev–Trinajstić information content (AvgIpc) is 2.57. The van der Waals surface area contributed by atoms with E-state index < -0.39 is 0 Å². The molecular formula is C13H16N2OS. The standard InChI is InChI=1S/C13H16N2OS/c1-8-7-10(5-6-11(8)17-4)12-9(2)13(16)15(3)14-12/h5-7,14H,1-4H3. The molecule has 17 heavy (non-hydrogen) atoms. The Morgan fingerprint density at radius 1 is 1.29 bits per heavy atom. The molecule has 90 valence electrons. The fraction of sp³-hybridized carbons (Fsp3) is 0.308. The van der Waals surface area contributed by atoms with Gasteiger partial charge < -0.3 is 0 Å². The van der Waals surface area contributed by atoms with Crippen LogP contribution in [0.15, 0.2) is 27.9 Å². The van der Waals surface area contributed by atoms with Crippen LogP contribution >= 0.6 is 11.8 Å². The van der Waals surface area contributed by atoms with Crippen molar-refractivity contribution < 1.29 is 0 Å². The third-order valence-corrected chi connectivity index (χ3v) is 3.86. The minimum Gasteiger partial charge on any atom is -0.295 e. The number of nitrogens with one attached hydrogen (secondary N) is 1. The highest BCUT2D eigenvalue weighted by Gasteiger charge is 2.10. The number of H-pyrrole nitrogens is 1. The molecule has 0 saturated carbocycles. The van der Waals surface area contributed by atoms with Crippen LogP contribution in [0.5, 0.6) is 0 Å². The van der Waals surface area contributed by atoms with E-state index >= 15 is 0 Å². The molecule has 0 amide bonds. The summed E-state index contributed by atoms with van der Waals surface area (Å²) in [5.74, 6) is 0. The van der Waals surface area contributed by atoms with Gasteiger partial charge in [0, 0.05) is 23.1 Å². The van der Waals surface area contributed by atoms with Crippen molar-refractivity contribution in [3.05, 3.63) is 39.7 Å². The van der Waals surface area contributed by atoms with Crippen LogP contribution in [0.3, 0.4) is 0 Å². The fourth-order valence-electron chi connectivity index (χ4n) is 1.98. The summed E-state index contributed by atoms with van der Waals surface area (Å²) in [5, 5.41) is 3.09. The van der Waals surface area contributed by atoms with Crippen LogP contribution in [0.25, 0.3) is 11.3 Å². The summed E-state index contributed by atoms with van der Waals surface area (Å²) in [6, 6.07) is 6.27. The number of hydrogen-bond acceptors (Lipinski definition) is 2. The smallest absolute Gasteiger partial charge is 0.269 e. The summed E-state index contributed by atoms with van der Waals surface area (Å²) in [6.45, 7) is 3.94. The van der Waals surface area contributed by atoms with Gasteiger partial charge in [0.2, 0.25) is 0 Å². The summed E-state index contributed by atoms with van der Waals surface area (Å²) in [5.41, 5.74) is 4.01. The molecule has 1 N–H and O–H groups in total. The summed E-state index contributed by atoms with van der Waals surface area (Å²) >= 11 is 1.73. The fourth-order valence-corrected chi connectivity index (χ4v) is 2.56. The Kier molecular flexibility index (Phi) is 3.15. The highest BCUT2D eigenvalue weighted by atomic mass is 32.2. The van der Waals surface area contributed by atoms with Gasteiger partial charge >= 0.3 is 0 Å². The van der Waals surface area contributed by atoms with Crippen molar-refractivity contribution in [1.29, 1.82) is 0 Å². The second-order valence-electron chi connectivity index (χ2n) is 4.16. The monoisotopic (exact) mass is 248 g/mol. The van der Waals surface area contributed by atoms with E-state index in [0.717, 1.165) is 16.8 Å². The van der Waals surface area contributed by atoms with E-state index in [0.29, 0.717) is 0 Å². The molecule has 0 unspecified atom stereocenters. The Balaban J connectivity index is 2.57. The minimum atomic E-state index is 0.0339. The summed E-state index contributed by atoms with van der Waals surface area (Å²) in [6.07, 6.45) is 2.07. The average molecular weight is 248 g/mol. The quantitative estimate of drug-likeness (QED) is 0.830. The molecule has 0 spiro atoms. The van der Waals surface area contributed by atoms with Crippen LogP contribution in [0.2, 0.25) is 0 Å². The zero-order chi connectivity index (χ0) is 12.6. The molecule has 2 aromatic rings. The van der Waals surface area contributed by atoms with Gasteiger partial charge in [-0.15, -0.1) is 11.8 Å². The summed E-state index contributed by atoms with van der Waals surface area (Å²) in [4.78, 5) is 13.0. The van der Waals surface area contributed by atoms with Crippen molar-refractivity contribution in [1.82, 2.24) is 9.78 Å². The Morgan fingerprint density at radius 3 is 2.47 bits per heavy atom. The number of aromatic amines is 1. The van der Waals surface area contributed by atoms with Crippen molar-refractivity contribution >= 4 is 11.8 Å². The van der Waals surface area contributed by atoms with E-state index in [1.807, 2.05) is 6.92 Å². The second kappa shape index (κ2) is 4.45. The molecule has 0 radical (unpaired) electrons. The number of rotatable bonds is 2. The van der Waals surface area contributed by atoms with E-state index in [4.69, 9.17) is 0 Å². The van der Waals surface area contributed by atoms with Gasteiger partial charge in [0.1, 0.15) is 0 Å². The van der Waals surface area contributed by atoms with Crippen LogP contribution in [-0.2, 0) is 7.05 Å². The highest BCUT2D eigenvalue weighted by Crippen LogP contribution is 2.26. The lowest BCUT2D eigenvalue weighted by Crippen LogP contribution is -2.12. The summed E-state index contributed by atoms with van der Waals surface area (Å²) in [7, 11) is 1.74. The van der Waals surface area contributed by atoms with Crippen LogP contribution in [0.4, 0.5) is 0 Å². The zero-order valence-corrected chi connectivity index (χ0v) is 11.3. The van der Waals surface area contributed by atoms with Crippen LogP contribution < -0.4 is 5.56 Å². The van der Waals surface area contributed by atoms with Gasteiger partial charge in [-0.2, -0.15) is 0 Å². The third kappa shape index (κ3) is 2.05. The first-order valence-electron chi connectivity index (χ1n) is 5.45. The lowest BCUT2D eigenvalue weighted by Gasteiger charge is -2.05. The number of hydrogen-bond donors (Lipinski definition) is 1. The number of aromatic nitrogens is 2. The molecule has 4 heteroatoms. The number of aryl methyl sites for hydroxylation is 2. The lowest BCUT2D eigenvalue weighted by molar-refractivity contribution is 0.741. The van der Waals surface area contributed by atoms with Gasteiger partial charge in [-0.05, 0) is 37.8 Å². The van der Waals surface area contributed by atoms with Crippen molar-refractivity contribution in [2.24, 2.45) is 7.05 Å². The van der Waals surface area contributed by atoms with E-state index in [1.165, 1.54) is 15.1 Å². The molecule has 3 nitrogen and oxygen atoms in total. The Labute approximate surface area is 105 Å². The number of nitrogens with zero attached hydrogens (tertiary/aromatic N) is 1. The van der Waals surface area contributed by atoms with Gasteiger partial charge in [-0.3, -0.25) is 14.6 Å². The van der Waals surface area contributed by atoms with E-state index in [-0.39, 0.29) is 5.56 Å².